The number of aliphatic carboxylic acids is 1. The Hall–Kier alpha value is -1.03. The van der Waals surface area contributed by atoms with E-state index in [-0.39, 0.29) is 11.8 Å². The maximum Gasteiger partial charge on any atom is 0.306 e. The lowest BCUT2D eigenvalue weighted by Crippen LogP contribution is -2.18. The van der Waals surface area contributed by atoms with E-state index in [0.29, 0.717) is 6.61 Å². The van der Waals surface area contributed by atoms with Crippen LogP contribution in [0.4, 0.5) is 0 Å². The molecule has 1 N–H and O–H groups in total. The molecule has 0 saturated heterocycles. The van der Waals surface area contributed by atoms with Crippen LogP contribution >= 0.6 is 15.9 Å². The topological polar surface area (TPSA) is 46.5 Å². The van der Waals surface area contributed by atoms with E-state index in [0.717, 1.165) is 28.6 Å². The van der Waals surface area contributed by atoms with Crippen molar-refractivity contribution in [1.29, 1.82) is 0 Å². The smallest absolute Gasteiger partial charge is 0.306 e. The summed E-state index contributed by atoms with van der Waals surface area (Å²) in [6, 6.07) is 5.83. The highest BCUT2D eigenvalue weighted by molar-refractivity contribution is 9.10. The van der Waals surface area contributed by atoms with Crippen LogP contribution in [0.2, 0.25) is 0 Å². The number of halogens is 1. The molecule has 0 saturated carbocycles. The summed E-state index contributed by atoms with van der Waals surface area (Å²) >= 11 is 3.41. The van der Waals surface area contributed by atoms with Crippen molar-refractivity contribution >= 4 is 21.9 Å². The highest BCUT2D eigenvalue weighted by atomic mass is 79.9. The summed E-state index contributed by atoms with van der Waals surface area (Å²) in [5.41, 5.74) is 1.01. The van der Waals surface area contributed by atoms with Crippen LogP contribution in [0.5, 0.6) is 5.75 Å². The predicted octanol–water partition coefficient (Wildman–Crippen LogP) is 3.43. The van der Waals surface area contributed by atoms with E-state index in [1.54, 1.807) is 6.92 Å². The normalized spacial score (nSPS) is 20.9. The lowest BCUT2D eigenvalue weighted by molar-refractivity contribution is -0.141. The van der Waals surface area contributed by atoms with Gasteiger partial charge in [-0.05, 0) is 30.5 Å². The molecule has 0 spiro atoms. The third-order valence-electron chi connectivity index (χ3n) is 3.29. The zero-order valence-electron chi connectivity index (χ0n) is 9.65. The minimum absolute atomic E-state index is 0.0399. The summed E-state index contributed by atoms with van der Waals surface area (Å²) < 4.78 is 6.62. The number of ether oxygens (including phenoxy) is 1. The number of rotatable bonds is 2. The third-order valence-corrected chi connectivity index (χ3v) is 3.78. The third kappa shape index (κ3) is 2.63. The van der Waals surface area contributed by atoms with Crippen LogP contribution in [0.15, 0.2) is 22.7 Å². The van der Waals surface area contributed by atoms with Crippen LogP contribution in [0.25, 0.3) is 0 Å². The molecule has 2 atom stereocenters. The Kier molecular flexibility index (Phi) is 3.72. The molecule has 1 aromatic carbocycles. The van der Waals surface area contributed by atoms with E-state index in [1.165, 1.54) is 0 Å². The summed E-state index contributed by atoms with van der Waals surface area (Å²) in [6.07, 6.45) is 1.76. The Morgan fingerprint density at radius 1 is 1.59 bits per heavy atom. The van der Waals surface area contributed by atoms with Gasteiger partial charge in [0, 0.05) is 10.4 Å². The highest BCUT2D eigenvalue weighted by Crippen LogP contribution is 2.39. The van der Waals surface area contributed by atoms with Crippen LogP contribution in [-0.2, 0) is 4.79 Å². The molecule has 3 nitrogen and oxygen atoms in total. The van der Waals surface area contributed by atoms with Gasteiger partial charge in [0.15, 0.2) is 0 Å². The number of fused-ring (bicyclic) bond motifs is 1. The molecule has 0 aliphatic carbocycles. The number of carboxylic acid groups (broad SMARTS) is 1. The first-order chi connectivity index (χ1) is 8.09. The summed E-state index contributed by atoms with van der Waals surface area (Å²) in [5, 5.41) is 9.16. The van der Waals surface area contributed by atoms with E-state index < -0.39 is 5.97 Å². The average molecular weight is 299 g/mol. The van der Waals surface area contributed by atoms with Crippen molar-refractivity contribution in [3.05, 3.63) is 28.2 Å². The van der Waals surface area contributed by atoms with E-state index >= 15 is 0 Å². The second-order valence-corrected chi connectivity index (χ2v) is 5.32. The van der Waals surface area contributed by atoms with Gasteiger partial charge in [-0.15, -0.1) is 0 Å². The molecule has 1 aromatic rings. The lowest BCUT2D eigenvalue weighted by atomic mass is 9.84. The maximum absolute atomic E-state index is 11.1. The first-order valence-electron chi connectivity index (χ1n) is 5.74. The minimum Gasteiger partial charge on any atom is -0.493 e. The van der Waals surface area contributed by atoms with Crippen LogP contribution in [0.3, 0.4) is 0 Å². The molecule has 1 aliphatic heterocycles. The molecule has 2 rings (SSSR count). The molecule has 0 fully saturated rings. The molecule has 1 heterocycles. The van der Waals surface area contributed by atoms with E-state index in [9.17, 15) is 4.79 Å². The number of carbonyl (C=O) groups is 1. The standard InChI is InChI=1S/C13H15BrO3/c1-8(13(15)16)10-3-2-6-17-12-7-9(14)4-5-11(10)12/h4-5,7-8,10H,2-3,6H2,1H3,(H,15,16). The number of hydrogen-bond acceptors (Lipinski definition) is 2. The second kappa shape index (κ2) is 5.08. The van der Waals surface area contributed by atoms with Gasteiger partial charge in [0.2, 0.25) is 0 Å². The van der Waals surface area contributed by atoms with Crippen molar-refractivity contribution in [3.8, 4) is 5.75 Å². The van der Waals surface area contributed by atoms with Gasteiger partial charge in [-0.25, -0.2) is 0 Å². The first-order valence-corrected chi connectivity index (χ1v) is 6.54. The Labute approximate surface area is 109 Å². The molecular formula is C13H15BrO3. The summed E-state index contributed by atoms with van der Waals surface area (Å²) in [7, 11) is 0. The fourth-order valence-electron chi connectivity index (χ4n) is 2.27. The quantitative estimate of drug-likeness (QED) is 0.910. The summed E-state index contributed by atoms with van der Waals surface area (Å²) in [5.74, 6) is -0.268. The molecular weight excluding hydrogens is 284 g/mol. The molecule has 0 bridgehead atoms. The monoisotopic (exact) mass is 298 g/mol. The fourth-order valence-corrected chi connectivity index (χ4v) is 2.61. The number of benzene rings is 1. The van der Waals surface area contributed by atoms with Crippen LogP contribution in [0.1, 0.15) is 31.2 Å². The first kappa shape index (κ1) is 12.4. The Balaban J connectivity index is 2.39. The second-order valence-electron chi connectivity index (χ2n) is 4.41. The van der Waals surface area contributed by atoms with Gasteiger partial charge in [0.1, 0.15) is 5.75 Å². The van der Waals surface area contributed by atoms with Crippen molar-refractivity contribution in [2.24, 2.45) is 5.92 Å². The average Bonchev–Trinajstić information content (AvgIpc) is 2.49. The zero-order valence-corrected chi connectivity index (χ0v) is 11.2. The van der Waals surface area contributed by atoms with E-state index in [2.05, 4.69) is 15.9 Å². The van der Waals surface area contributed by atoms with E-state index in [1.807, 2.05) is 18.2 Å². The van der Waals surface area contributed by atoms with Gasteiger partial charge < -0.3 is 9.84 Å². The largest absolute Gasteiger partial charge is 0.493 e. The molecule has 2 unspecified atom stereocenters. The van der Waals surface area contributed by atoms with Crippen molar-refractivity contribution in [3.63, 3.8) is 0 Å². The maximum atomic E-state index is 11.1. The van der Waals surface area contributed by atoms with E-state index in [4.69, 9.17) is 9.84 Å². The van der Waals surface area contributed by atoms with Crippen molar-refractivity contribution < 1.29 is 14.6 Å². The van der Waals surface area contributed by atoms with Gasteiger partial charge >= 0.3 is 5.97 Å². The molecule has 17 heavy (non-hydrogen) atoms. The fraction of sp³-hybridized carbons (Fsp3) is 0.462. The molecule has 4 heteroatoms. The molecule has 0 radical (unpaired) electrons. The highest BCUT2D eigenvalue weighted by Gasteiger charge is 2.29. The van der Waals surface area contributed by atoms with Gasteiger partial charge in [-0.1, -0.05) is 28.9 Å². The zero-order chi connectivity index (χ0) is 12.4. The lowest BCUT2D eigenvalue weighted by Gasteiger charge is -2.20. The molecule has 0 amide bonds. The van der Waals surface area contributed by atoms with Crippen molar-refractivity contribution in [1.82, 2.24) is 0 Å². The van der Waals surface area contributed by atoms with Gasteiger partial charge in [-0.2, -0.15) is 0 Å². The van der Waals surface area contributed by atoms with Crippen molar-refractivity contribution in [2.45, 2.75) is 25.7 Å². The van der Waals surface area contributed by atoms with Gasteiger partial charge in [-0.3, -0.25) is 4.79 Å². The van der Waals surface area contributed by atoms with Crippen molar-refractivity contribution in [2.75, 3.05) is 6.61 Å². The van der Waals surface area contributed by atoms with Crippen LogP contribution < -0.4 is 4.74 Å². The number of hydrogen-bond donors (Lipinski definition) is 1. The van der Waals surface area contributed by atoms with Gasteiger partial charge in [0.05, 0.1) is 12.5 Å². The van der Waals surface area contributed by atoms with Gasteiger partial charge in [0.25, 0.3) is 0 Å². The predicted molar refractivity (Wildman–Crippen MR) is 68.4 cm³/mol. The summed E-state index contributed by atoms with van der Waals surface area (Å²) in [6.45, 7) is 2.43. The Morgan fingerprint density at radius 2 is 2.35 bits per heavy atom. The Bertz CT molecular complexity index is 431. The SMILES string of the molecule is CC(C(=O)O)C1CCCOc2cc(Br)ccc21. The summed E-state index contributed by atoms with van der Waals surface area (Å²) in [4.78, 5) is 11.1. The van der Waals surface area contributed by atoms with Crippen LogP contribution in [0, 0.1) is 5.92 Å². The van der Waals surface area contributed by atoms with Crippen LogP contribution in [-0.4, -0.2) is 17.7 Å². The molecule has 1 aliphatic rings. The molecule has 0 aromatic heterocycles. The Morgan fingerprint density at radius 3 is 3.06 bits per heavy atom. The minimum atomic E-state index is -0.745. The molecule has 92 valence electrons. The number of carboxylic acids is 1.